The minimum atomic E-state index is -0.573. The van der Waals surface area contributed by atoms with Crippen molar-refractivity contribution < 1.29 is 14.5 Å². The number of ether oxygens (including phenoxy) is 1. The van der Waals surface area contributed by atoms with Crippen molar-refractivity contribution >= 4 is 11.7 Å². The Kier molecular flexibility index (Phi) is 6.65. The summed E-state index contributed by atoms with van der Waals surface area (Å²) in [5.41, 5.74) is 2.13. The summed E-state index contributed by atoms with van der Waals surface area (Å²) in [5, 5.41) is 10.8. The summed E-state index contributed by atoms with van der Waals surface area (Å²) in [6, 6.07) is 13.4. The summed E-state index contributed by atoms with van der Waals surface area (Å²) in [6.07, 6.45) is 0. The minimum absolute atomic E-state index is 0.129. The Morgan fingerprint density at radius 3 is 2.32 bits per heavy atom. The molecule has 25 heavy (non-hydrogen) atoms. The van der Waals surface area contributed by atoms with Crippen LogP contribution < -0.4 is 0 Å². The number of carbonyl (C=O) groups is 1. The van der Waals surface area contributed by atoms with E-state index in [1.165, 1.54) is 29.8 Å². The van der Waals surface area contributed by atoms with Crippen LogP contribution in [-0.2, 0) is 17.9 Å². The molecule has 0 spiro atoms. The van der Waals surface area contributed by atoms with Crippen LogP contribution in [0.2, 0.25) is 0 Å². The predicted octanol–water partition coefficient (Wildman–Crippen LogP) is 3.79. The normalized spacial score (nSPS) is 10.7. The van der Waals surface area contributed by atoms with Crippen molar-refractivity contribution in [3.63, 3.8) is 0 Å². The Bertz CT molecular complexity index is 724. The molecule has 0 radical (unpaired) electrons. The first kappa shape index (κ1) is 18.6. The molecular formula is C19H22N2O4. The number of rotatable bonds is 8. The lowest BCUT2D eigenvalue weighted by Gasteiger charge is -2.18. The highest BCUT2D eigenvalue weighted by Crippen LogP contribution is 2.15. The lowest BCUT2D eigenvalue weighted by molar-refractivity contribution is -0.384. The molecule has 132 valence electrons. The van der Waals surface area contributed by atoms with Gasteiger partial charge in [-0.05, 0) is 30.3 Å². The van der Waals surface area contributed by atoms with Crippen LogP contribution in [0.3, 0.4) is 0 Å². The quantitative estimate of drug-likeness (QED) is 0.414. The van der Waals surface area contributed by atoms with Crippen molar-refractivity contribution in [1.82, 2.24) is 4.90 Å². The SMILES string of the molecule is CCN(CC)Cc1ccc(COC(=O)c2cccc([N+](=O)[O-])c2)cc1. The zero-order valence-electron chi connectivity index (χ0n) is 14.5. The Hall–Kier alpha value is -2.73. The maximum absolute atomic E-state index is 12.0. The zero-order valence-corrected chi connectivity index (χ0v) is 14.5. The number of non-ortho nitro benzene ring substituents is 1. The van der Waals surface area contributed by atoms with E-state index in [1.54, 1.807) is 0 Å². The summed E-state index contributed by atoms with van der Waals surface area (Å²) in [5.74, 6) is -0.573. The number of esters is 1. The molecule has 6 heteroatoms. The first-order valence-corrected chi connectivity index (χ1v) is 8.25. The van der Waals surface area contributed by atoms with Crippen molar-refractivity contribution in [2.24, 2.45) is 0 Å². The maximum atomic E-state index is 12.0. The molecule has 0 aromatic heterocycles. The molecule has 0 heterocycles. The molecule has 0 aliphatic rings. The van der Waals surface area contributed by atoms with Gasteiger partial charge in [-0.1, -0.05) is 44.2 Å². The van der Waals surface area contributed by atoms with Crippen molar-refractivity contribution in [3.8, 4) is 0 Å². The van der Waals surface area contributed by atoms with Crippen molar-refractivity contribution in [2.45, 2.75) is 27.0 Å². The number of hydrogen-bond acceptors (Lipinski definition) is 5. The van der Waals surface area contributed by atoms with Gasteiger partial charge in [-0.3, -0.25) is 15.0 Å². The predicted molar refractivity (Wildman–Crippen MR) is 95.3 cm³/mol. The molecule has 0 aliphatic heterocycles. The van der Waals surface area contributed by atoms with Gasteiger partial charge < -0.3 is 4.74 Å². The second-order valence-electron chi connectivity index (χ2n) is 5.66. The number of benzene rings is 2. The van der Waals surface area contributed by atoms with Crippen LogP contribution in [0.5, 0.6) is 0 Å². The van der Waals surface area contributed by atoms with Gasteiger partial charge in [0.2, 0.25) is 0 Å². The lowest BCUT2D eigenvalue weighted by Crippen LogP contribution is -2.22. The van der Waals surface area contributed by atoms with Gasteiger partial charge in [0.1, 0.15) is 6.61 Å². The fourth-order valence-corrected chi connectivity index (χ4v) is 2.42. The number of nitro benzene ring substituents is 1. The number of carbonyl (C=O) groups excluding carboxylic acids is 1. The second kappa shape index (κ2) is 8.94. The highest BCUT2D eigenvalue weighted by atomic mass is 16.6. The van der Waals surface area contributed by atoms with E-state index < -0.39 is 10.9 Å². The molecule has 2 aromatic carbocycles. The van der Waals surface area contributed by atoms with Gasteiger partial charge in [-0.15, -0.1) is 0 Å². The number of nitro groups is 1. The molecule has 0 saturated carbocycles. The molecule has 0 atom stereocenters. The van der Waals surface area contributed by atoms with Crippen molar-refractivity contribution in [2.75, 3.05) is 13.1 Å². The average molecular weight is 342 g/mol. The standard InChI is InChI=1S/C19H22N2O4/c1-3-20(4-2)13-15-8-10-16(11-9-15)14-25-19(22)17-6-5-7-18(12-17)21(23)24/h5-12H,3-4,13-14H2,1-2H3. The Morgan fingerprint density at radius 2 is 1.72 bits per heavy atom. The van der Waals surface area contributed by atoms with Crippen LogP contribution in [-0.4, -0.2) is 28.9 Å². The molecule has 0 N–H and O–H groups in total. The molecule has 0 fully saturated rings. The van der Waals surface area contributed by atoms with Gasteiger partial charge in [-0.2, -0.15) is 0 Å². The fraction of sp³-hybridized carbons (Fsp3) is 0.316. The minimum Gasteiger partial charge on any atom is -0.457 e. The van der Waals surface area contributed by atoms with Gasteiger partial charge in [-0.25, -0.2) is 4.79 Å². The van der Waals surface area contributed by atoms with Gasteiger partial charge in [0.15, 0.2) is 0 Å². The largest absolute Gasteiger partial charge is 0.457 e. The van der Waals surface area contributed by atoms with E-state index in [2.05, 4.69) is 18.7 Å². The molecule has 2 rings (SSSR count). The second-order valence-corrected chi connectivity index (χ2v) is 5.66. The van der Waals surface area contributed by atoms with E-state index in [0.29, 0.717) is 0 Å². The lowest BCUT2D eigenvalue weighted by atomic mass is 10.1. The van der Waals surface area contributed by atoms with Crippen LogP contribution in [0.4, 0.5) is 5.69 Å². The van der Waals surface area contributed by atoms with E-state index >= 15 is 0 Å². The molecule has 0 aliphatic carbocycles. The Labute approximate surface area is 147 Å². The molecular weight excluding hydrogens is 320 g/mol. The van der Waals surface area contributed by atoms with Crippen LogP contribution in [0, 0.1) is 10.1 Å². The number of nitrogens with zero attached hydrogens (tertiary/aromatic N) is 2. The summed E-state index contributed by atoms with van der Waals surface area (Å²) in [4.78, 5) is 24.6. The Morgan fingerprint density at radius 1 is 1.08 bits per heavy atom. The fourth-order valence-electron chi connectivity index (χ4n) is 2.42. The first-order chi connectivity index (χ1) is 12.0. The van der Waals surface area contributed by atoms with E-state index in [-0.39, 0.29) is 17.9 Å². The summed E-state index contributed by atoms with van der Waals surface area (Å²) in [7, 11) is 0. The third-order valence-electron chi connectivity index (χ3n) is 3.99. The summed E-state index contributed by atoms with van der Waals surface area (Å²) >= 11 is 0. The first-order valence-electron chi connectivity index (χ1n) is 8.25. The zero-order chi connectivity index (χ0) is 18.2. The molecule has 2 aromatic rings. The van der Waals surface area contributed by atoms with Crippen molar-refractivity contribution in [1.29, 1.82) is 0 Å². The van der Waals surface area contributed by atoms with E-state index in [0.717, 1.165) is 25.2 Å². The van der Waals surface area contributed by atoms with Crippen LogP contribution in [0.25, 0.3) is 0 Å². The van der Waals surface area contributed by atoms with E-state index in [1.807, 2.05) is 24.3 Å². The van der Waals surface area contributed by atoms with Crippen LogP contribution in [0.15, 0.2) is 48.5 Å². The van der Waals surface area contributed by atoms with Crippen molar-refractivity contribution in [3.05, 3.63) is 75.3 Å². The molecule has 0 saturated heterocycles. The van der Waals surface area contributed by atoms with E-state index in [4.69, 9.17) is 4.74 Å². The summed E-state index contributed by atoms with van der Waals surface area (Å²) in [6.45, 7) is 7.28. The van der Waals surface area contributed by atoms with Gasteiger partial charge in [0, 0.05) is 18.7 Å². The number of hydrogen-bond donors (Lipinski definition) is 0. The molecule has 0 bridgehead atoms. The van der Waals surface area contributed by atoms with Gasteiger partial charge in [0.05, 0.1) is 10.5 Å². The monoisotopic (exact) mass is 342 g/mol. The van der Waals surface area contributed by atoms with Crippen LogP contribution >= 0.6 is 0 Å². The smallest absolute Gasteiger partial charge is 0.338 e. The molecule has 0 amide bonds. The third kappa shape index (κ3) is 5.39. The Balaban J connectivity index is 1.93. The van der Waals surface area contributed by atoms with Gasteiger partial charge in [0.25, 0.3) is 5.69 Å². The third-order valence-corrected chi connectivity index (χ3v) is 3.99. The highest BCUT2D eigenvalue weighted by molar-refractivity contribution is 5.90. The molecule has 0 unspecified atom stereocenters. The average Bonchev–Trinajstić information content (AvgIpc) is 2.65. The van der Waals surface area contributed by atoms with E-state index in [9.17, 15) is 14.9 Å². The molecule has 6 nitrogen and oxygen atoms in total. The van der Waals surface area contributed by atoms with Gasteiger partial charge >= 0.3 is 5.97 Å². The topological polar surface area (TPSA) is 72.7 Å². The van der Waals surface area contributed by atoms with Crippen LogP contribution in [0.1, 0.15) is 35.3 Å². The maximum Gasteiger partial charge on any atom is 0.338 e. The highest BCUT2D eigenvalue weighted by Gasteiger charge is 2.12. The summed E-state index contributed by atoms with van der Waals surface area (Å²) < 4.78 is 5.24.